The Hall–Kier alpha value is -3.50. The summed E-state index contributed by atoms with van der Waals surface area (Å²) in [6.45, 7) is 9.57. The average Bonchev–Trinajstić information content (AvgIpc) is 0.789. The van der Waals surface area contributed by atoms with Crippen LogP contribution in [0.15, 0.2) is 0 Å². The van der Waals surface area contributed by atoms with Crippen LogP contribution in [0.3, 0.4) is 0 Å². The number of unbranched alkanes of at least 4 members (excludes halogenated alkanes) is 64. The zero-order valence-electron chi connectivity index (χ0n) is 80.7. The Morgan fingerprint density at radius 2 is 0.605 bits per heavy atom. The van der Waals surface area contributed by atoms with Crippen LogP contribution in [0.4, 0.5) is 0 Å². The molecule has 2 aliphatic heterocycles. The van der Waals surface area contributed by atoms with Crippen LogP contribution in [-0.4, -0.2) is 159 Å². The first-order chi connectivity index (χ1) is 60.5. The molecule has 2 rings (SSSR count). The molecule has 2 fully saturated rings. The van der Waals surface area contributed by atoms with Gasteiger partial charge in [0.25, 0.3) is 0 Å². The predicted molar refractivity (Wildman–Crippen MR) is 504 cm³/mol. The molecule has 8 N–H and O–H groups in total. The standard InChI is InChI=1S/C104H196N2O18/c1-6-11-16-21-26-31-36-37-38-39-40-41-42-43-44-45-46-47-48-49-54-59-64-69-74-79-94(113)120-89(78-73-68-63-58-53-35-30-25-20-15-10-5)83-93(112)106-98-102(124-96(115)82-88(110)77-72-67-62-57-52-34-29-24-19-14-9-4)99(116)90(84-107)122-104(98)119-85-91-100(117)101(123-95(114)81-87(109)76-71-66-61-56-51-33-28-23-18-13-8-3)97(103(118)121-91)105-92(111)80-86(108)75-70-65-60-55-50-32-27-22-17-12-7-2/h86-91,97-102,104,107-110,116-117H,6-85H2,1-5H3,(H,105,111)(H,106,112)/t86-,87+,88+,89-,90+,91+,97+,98+,99+,100+,101+,102+,104+/m0/s1. The van der Waals surface area contributed by atoms with Crippen molar-refractivity contribution in [2.24, 2.45) is 0 Å². The van der Waals surface area contributed by atoms with Gasteiger partial charge in [-0.05, 0) is 38.5 Å². The van der Waals surface area contributed by atoms with E-state index < -0.39 is 141 Å². The molecule has 2 aliphatic rings. The fourth-order valence-corrected chi connectivity index (χ4v) is 18.0. The number of carbonyl (C=O) groups excluding carboxylic acids is 6. The largest absolute Gasteiger partial charge is 0.462 e. The number of carbonyl (C=O) groups is 6. The van der Waals surface area contributed by atoms with E-state index in [-0.39, 0.29) is 19.3 Å². The lowest BCUT2D eigenvalue weighted by molar-refractivity contribution is -0.283. The summed E-state index contributed by atoms with van der Waals surface area (Å²) in [6, 6.07) is -3.34. The van der Waals surface area contributed by atoms with Crippen molar-refractivity contribution >= 4 is 35.7 Å². The second kappa shape index (κ2) is 83.8. The SMILES string of the molecule is CCCCCCCCCCCCCCCCCCCCCCCCCCCC(=O)O[C@@H](CCCCCCCCCCCCC)CC(=O)N[C@H]1[C@H](OC[C@H]2OC(=O)[C@H](NC(=O)C[C@@H](O)CCCCCCCCCCCCC)[C@@H](OC(=O)C[C@H](O)CCCCCCCCCCCCC)[C@@H]2O)O[C@H](CO)[C@@H](O)[C@@H]1OC(=O)C[C@H](O)CCCCCCCCCCCCC. The number of cyclic esters (lactones) is 1. The van der Waals surface area contributed by atoms with E-state index in [2.05, 4.69) is 45.3 Å². The molecule has 13 atom stereocenters. The van der Waals surface area contributed by atoms with Crippen molar-refractivity contribution in [2.75, 3.05) is 13.2 Å². The maximum Gasteiger partial charge on any atom is 0.333 e. The Balaban J connectivity index is 2.33. The van der Waals surface area contributed by atoms with Crippen molar-refractivity contribution in [3.8, 4) is 0 Å². The molecular formula is C104H196N2O18. The van der Waals surface area contributed by atoms with Gasteiger partial charge in [0.1, 0.15) is 30.5 Å². The molecule has 0 bridgehead atoms. The lowest BCUT2D eigenvalue weighted by atomic mass is 9.95. The number of hydrogen-bond acceptors (Lipinski definition) is 18. The highest BCUT2D eigenvalue weighted by atomic mass is 16.7. The van der Waals surface area contributed by atoms with Crippen molar-refractivity contribution in [1.29, 1.82) is 0 Å². The van der Waals surface area contributed by atoms with Crippen LogP contribution in [0, 0.1) is 0 Å². The van der Waals surface area contributed by atoms with Crippen LogP contribution < -0.4 is 10.6 Å². The summed E-state index contributed by atoms with van der Waals surface area (Å²) in [5.74, 6) is -4.82. The fraction of sp³-hybridized carbons (Fsp3) is 0.942. The third-order valence-corrected chi connectivity index (χ3v) is 26.0. The van der Waals surface area contributed by atoms with Crippen molar-refractivity contribution < 1.29 is 87.8 Å². The van der Waals surface area contributed by atoms with Gasteiger partial charge in [0.15, 0.2) is 30.6 Å². The first-order valence-electron chi connectivity index (χ1n) is 53.2. The molecule has 0 aromatic rings. The van der Waals surface area contributed by atoms with E-state index in [4.69, 9.17) is 28.4 Å². The molecule has 124 heavy (non-hydrogen) atoms. The molecule has 2 amide bonds. The highest BCUT2D eigenvalue weighted by Crippen LogP contribution is 2.31. The Morgan fingerprint density at radius 1 is 0.331 bits per heavy atom. The lowest BCUT2D eigenvalue weighted by Crippen LogP contribution is -2.67. The molecule has 20 heteroatoms. The smallest absolute Gasteiger partial charge is 0.333 e. The summed E-state index contributed by atoms with van der Waals surface area (Å²) < 4.78 is 36.5. The second-order valence-corrected chi connectivity index (χ2v) is 38.0. The summed E-state index contributed by atoms with van der Waals surface area (Å²) in [6.07, 6.45) is 64.6. The first-order valence-corrected chi connectivity index (χ1v) is 53.2. The molecule has 0 aromatic carbocycles. The van der Waals surface area contributed by atoms with Crippen LogP contribution in [0.2, 0.25) is 0 Å². The minimum absolute atomic E-state index is 0.189. The van der Waals surface area contributed by atoms with Crippen molar-refractivity contribution in [1.82, 2.24) is 10.6 Å². The summed E-state index contributed by atoms with van der Waals surface area (Å²) in [5.41, 5.74) is 0. The van der Waals surface area contributed by atoms with Gasteiger partial charge in [-0.2, -0.15) is 0 Å². The van der Waals surface area contributed by atoms with Gasteiger partial charge in [-0.1, -0.05) is 465 Å². The van der Waals surface area contributed by atoms with E-state index in [9.17, 15) is 59.4 Å². The Labute approximate surface area is 758 Å². The number of rotatable bonds is 91. The lowest BCUT2D eigenvalue weighted by Gasteiger charge is -2.44. The number of esters is 4. The number of aliphatic hydroxyl groups excluding tert-OH is 6. The van der Waals surface area contributed by atoms with Crippen molar-refractivity contribution in [2.45, 2.75) is 615 Å². The fourth-order valence-electron chi connectivity index (χ4n) is 18.0. The van der Waals surface area contributed by atoms with Gasteiger partial charge in [0, 0.05) is 6.42 Å². The number of ether oxygens (including phenoxy) is 6. The Kier molecular flexibility index (Phi) is 78.8. The maximum absolute atomic E-state index is 14.8. The Morgan fingerprint density at radius 3 is 0.927 bits per heavy atom. The zero-order chi connectivity index (χ0) is 90.2. The molecule has 2 saturated heterocycles. The summed E-state index contributed by atoms with van der Waals surface area (Å²) in [4.78, 5) is 84.8. The van der Waals surface area contributed by atoms with Gasteiger partial charge in [-0.15, -0.1) is 0 Å². The van der Waals surface area contributed by atoms with Crippen LogP contribution in [0.25, 0.3) is 0 Å². The van der Waals surface area contributed by atoms with Gasteiger partial charge in [0.2, 0.25) is 11.8 Å². The Bertz CT molecular complexity index is 2460. The quantitative estimate of drug-likeness (QED) is 0.0159. The minimum atomic E-state index is -1.91. The number of hydrogen-bond donors (Lipinski definition) is 8. The monoisotopic (exact) mass is 1760 g/mol. The van der Waals surface area contributed by atoms with Gasteiger partial charge in [-0.25, -0.2) is 4.79 Å². The van der Waals surface area contributed by atoms with Crippen LogP contribution in [0.1, 0.15) is 535 Å². The van der Waals surface area contributed by atoms with Crippen LogP contribution in [-0.2, 0) is 57.2 Å². The topological polar surface area (TPSA) is 303 Å². The van der Waals surface area contributed by atoms with E-state index in [0.717, 1.165) is 122 Å². The van der Waals surface area contributed by atoms with Crippen molar-refractivity contribution in [3.05, 3.63) is 0 Å². The van der Waals surface area contributed by atoms with Gasteiger partial charge in [-0.3, -0.25) is 24.0 Å². The van der Waals surface area contributed by atoms with Crippen molar-refractivity contribution in [3.63, 3.8) is 0 Å². The predicted octanol–water partition coefficient (Wildman–Crippen LogP) is 24.7. The normalized spacial score (nSPS) is 19.4. The van der Waals surface area contributed by atoms with Gasteiger partial charge in [0.05, 0.1) is 57.2 Å². The maximum atomic E-state index is 14.8. The third kappa shape index (κ3) is 65.1. The number of nitrogens with one attached hydrogen (secondary N) is 2. The molecule has 2 heterocycles. The van der Waals surface area contributed by atoms with Gasteiger partial charge >= 0.3 is 23.9 Å². The minimum Gasteiger partial charge on any atom is -0.462 e. The summed E-state index contributed by atoms with van der Waals surface area (Å²) in [7, 11) is 0. The molecule has 0 aliphatic carbocycles. The van der Waals surface area contributed by atoms with E-state index in [1.807, 2.05) is 0 Å². The molecule has 0 aromatic heterocycles. The molecule has 0 spiro atoms. The molecule has 20 nitrogen and oxygen atoms in total. The molecule has 0 unspecified atom stereocenters. The summed E-state index contributed by atoms with van der Waals surface area (Å²) >= 11 is 0. The highest BCUT2D eigenvalue weighted by Gasteiger charge is 2.52. The van der Waals surface area contributed by atoms with E-state index in [1.54, 1.807) is 0 Å². The summed E-state index contributed by atoms with van der Waals surface area (Å²) in [5, 5.41) is 74.0. The second-order valence-electron chi connectivity index (χ2n) is 38.0. The average molecular weight is 1760 g/mol. The number of amides is 2. The zero-order valence-corrected chi connectivity index (χ0v) is 80.7. The first kappa shape index (κ1) is 117. The van der Waals surface area contributed by atoms with Gasteiger partial charge < -0.3 is 69.7 Å². The van der Waals surface area contributed by atoms with E-state index in [1.165, 1.54) is 289 Å². The molecule has 730 valence electrons. The highest BCUT2D eigenvalue weighted by molar-refractivity contribution is 5.86. The molecular weight excluding hydrogens is 1570 g/mol. The van der Waals surface area contributed by atoms with Crippen LogP contribution in [0.5, 0.6) is 0 Å². The van der Waals surface area contributed by atoms with E-state index in [0.29, 0.717) is 57.8 Å². The number of aliphatic hydroxyl groups is 6. The molecule has 0 saturated carbocycles. The third-order valence-electron chi connectivity index (χ3n) is 26.0. The molecule has 0 radical (unpaired) electrons. The van der Waals surface area contributed by atoms with E-state index >= 15 is 0 Å². The van der Waals surface area contributed by atoms with Crippen LogP contribution >= 0.6 is 0 Å².